The van der Waals surface area contributed by atoms with Gasteiger partial charge in [0.1, 0.15) is 5.58 Å². The second-order valence-corrected chi connectivity index (χ2v) is 5.18. The van der Waals surface area contributed by atoms with Crippen LogP contribution in [-0.4, -0.2) is 38.0 Å². The van der Waals surface area contributed by atoms with E-state index in [4.69, 9.17) is 18.6 Å². The van der Waals surface area contributed by atoms with Crippen molar-refractivity contribution in [3.05, 3.63) is 34.2 Å². The Bertz CT molecular complexity index is 733. The molecule has 0 spiro atoms. The first-order valence-electron chi connectivity index (χ1n) is 6.96. The third-order valence-corrected chi connectivity index (χ3v) is 3.82. The molecule has 0 unspecified atom stereocenters. The van der Waals surface area contributed by atoms with Crippen molar-refractivity contribution >= 4 is 11.0 Å². The fraction of sp³-hybridized carbons (Fsp3) is 0.400. The van der Waals surface area contributed by atoms with Gasteiger partial charge in [0.05, 0.1) is 13.2 Å². The normalized spacial score (nSPS) is 18.3. The third kappa shape index (κ3) is 2.36. The molecule has 1 fully saturated rings. The molecule has 0 saturated carbocycles. The van der Waals surface area contributed by atoms with Crippen molar-refractivity contribution in [2.24, 2.45) is 0 Å². The number of nitrogens with zero attached hydrogens (tertiary/aromatic N) is 1. The van der Waals surface area contributed by atoms with E-state index < -0.39 is 0 Å². The first-order chi connectivity index (χ1) is 10.3. The summed E-state index contributed by atoms with van der Waals surface area (Å²) in [7, 11) is 0. The molecule has 0 N–H and O–H groups in total. The van der Waals surface area contributed by atoms with Gasteiger partial charge >= 0.3 is 5.63 Å². The van der Waals surface area contributed by atoms with Gasteiger partial charge < -0.3 is 18.6 Å². The number of fused-ring (bicyclic) bond motifs is 2. The predicted molar refractivity (Wildman–Crippen MR) is 74.7 cm³/mol. The maximum atomic E-state index is 11.8. The molecule has 1 saturated heterocycles. The number of ether oxygens (including phenoxy) is 3. The minimum absolute atomic E-state index is 0.203. The molecule has 1 aromatic carbocycles. The van der Waals surface area contributed by atoms with Crippen LogP contribution in [0.15, 0.2) is 27.4 Å². The molecule has 6 heteroatoms. The molecule has 0 radical (unpaired) electrons. The SMILES string of the molecule is O=c1cc(CN2CCOCC2)c2cc3c(cc2o1)OCO3. The molecule has 21 heavy (non-hydrogen) atoms. The van der Waals surface area contributed by atoms with E-state index in [9.17, 15) is 4.79 Å². The van der Waals surface area contributed by atoms with Crippen LogP contribution in [0.4, 0.5) is 0 Å². The van der Waals surface area contributed by atoms with E-state index in [1.165, 1.54) is 0 Å². The third-order valence-electron chi connectivity index (χ3n) is 3.82. The summed E-state index contributed by atoms with van der Waals surface area (Å²) >= 11 is 0. The van der Waals surface area contributed by atoms with Crippen LogP contribution in [0.25, 0.3) is 11.0 Å². The Kier molecular flexibility index (Phi) is 3.05. The van der Waals surface area contributed by atoms with Gasteiger partial charge in [0.15, 0.2) is 11.5 Å². The molecular formula is C15H15NO5. The van der Waals surface area contributed by atoms with Crippen LogP contribution in [-0.2, 0) is 11.3 Å². The summed E-state index contributed by atoms with van der Waals surface area (Å²) < 4.78 is 21.4. The summed E-state index contributed by atoms with van der Waals surface area (Å²) in [6, 6.07) is 5.16. The molecule has 4 rings (SSSR count). The fourth-order valence-electron chi connectivity index (χ4n) is 2.75. The zero-order valence-corrected chi connectivity index (χ0v) is 11.5. The first kappa shape index (κ1) is 12.7. The molecule has 0 aliphatic carbocycles. The van der Waals surface area contributed by atoms with Crippen molar-refractivity contribution in [3.8, 4) is 11.5 Å². The first-order valence-corrected chi connectivity index (χ1v) is 6.96. The molecule has 0 bridgehead atoms. The van der Waals surface area contributed by atoms with Crippen LogP contribution in [0, 0.1) is 0 Å². The maximum absolute atomic E-state index is 11.8. The average Bonchev–Trinajstić information content (AvgIpc) is 2.93. The minimum atomic E-state index is -0.343. The molecule has 6 nitrogen and oxygen atoms in total. The highest BCUT2D eigenvalue weighted by molar-refractivity contribution is 5.84. The lowest BCUT2D eigenvalue weighted by Gasteiger charge is -2.26. The lowest BCUT2D eigenvalue weighted by molar-refractivity contribution is 0.0343. The summed E-state index contributed by atoms with van der Waals surface area (Å²) in [5.74, 6) is 1.31. The van der Waals surface area contributed by atoms with Crippen LogP contribution in [0.5, 0.6) is 11.5 Å². The van der Waals surface area contributed by atoms with Crippen LogP contribution < -0.4 is 15.1 Å². The Morgan fingerprint density at radius 1 is 1.05 bits per heavy atom. The maximum Gasteiger partial charge on any atom is 0.336 e. The van der Waals surface area contributed by atoms with Crippen molar-refractivity contribution in [1.82, 2.24) is 4.90 Å². The van der Waals surface area contributed by atoms with Gasteiger partial charge in [-0.15, -0.1) is 0 Å². The van der Waals surface area contributed by atoms with E-state index in [0.29, 0.717) is 23.6 Å². The Hall–Kier alpha value is -2.05. The molecule has 0 atom stereocenters. The number of hydrogen-bond acceptors (Lipinski definition) is 6. The fourth-order valence-corrected chi connectivity index (χ4v) is 2.75. The van der Waals surface area contributed by atoms with E-state index in [1.807, 2.05) is 6.07 Å². The van der Waals surface area contributed by atoms with E-state index in [-0.39, 0.29) is 12.4 Å². The summed E-state index contributed by atoms with van der Waals surface area (Å²) in [6.45, 7) is 4.09. The molecule has 110 valence electrons. The van der Waals surface area contributed by atoms with Gasteiger partial charge in [0.25, 0.3) is 0 Å². The van der Waals surface area contributed by atoms with E-state index in [2.05, 4.69) is 4.90 Å². The van der Waals surface area contributed by atoms with Crippen molar-refractivity contribution < 1.29 is 18.6 Å². The lowest BCUT2D eigenvalue weighted by Crippen LogP contribution is -2.35. The summed E-state index contributed by atoms with van der Waals surface area (Å²) in [4.78, 5) is 14.0. The molecular weight excluding hydrogens is 274 g/mol. The Labute approximate surface area is 120 Å². The zero-order valence-electron chi connectivity index (χ0n) is 11.5. The standard InChI is InChI=1S/C15H15NO5/c17-15-5-10(8-16-1-3-18-4-2-16)11-6-13-14(20-9-19-13)7-12(11)21-15/h5-7H,1-4,8-9H2. The highest BCUT2D eigenvalue weighted by Crippen LogP contribution is 2.36. The summed E-state index contributed by atoms with van der Waals surface area (Å²) in [5, 5.41) is 0.894. The summed E-state index contributed by atoms with van der Waals surface area (Å²) in [6.07, 6.45) is 0. The largest absolute Gasteiger partial charge is 0.454 e. The van der Waals surface area contributed by atoms with Gasteiger partial charge in [-0.3, -0.25) is 4.90 Å². The number of morpholine rings is 1. The Morgan fingerprint density at radius 3 is 2.62 bits per heavy atom. The molecule has 2 aliphatic heterocycles. The van der Waals surface area contributed by atoms with Crippen LogP contribution in [0.3, 0.4) is 0 Å². The Balaban J connectivity index is 1.77. The van der Waals surface area contributed by atoms with Gasteiger partial charge in [0.2, 0.25) is 6.79 Å². The van der Waals surface area contributed by atoms with Gasteiger partial charge in [-0.1, -0.05) is 0 Å². The quantitative estimate of drug-likeness (QED) is 0.778. The predicted octanol–water partition coefficient (Wildman–Crippen LogP) is 1.35. The highest BCUT2D eigenvalue weighted by Gasteiger charge is 2.19. The second kappa shape index (κ2) is 5.05. The zero-order chi connectivity index (χ0) is 14.2. The van der Waals surface area contributed by atoms with Crippen LogP contribution >= 0.6 is 0 Å². The topological polar surface area (TPSA) is 61.1 Å². The molecule has 2 aliphatic rings. The van der Waals surface area contributed by atoms with E-state index >= 15 is 0 Å². The monoisotopic (exact) mass is 289 g/mol. The number of benzene rings is 1. The van der Waals surface area contributed by atoms with Gasteiger partial charge in [-0.05, 0) is 11.6 Å². The molecule has 1 aromatic heterocycles. The lowest BCUT2D eigenvalue weighted by atomic mass is 10.1. The van der Waals surface area contributed by atoms with Crippen LogP contribution in [0.1, 0.15) is 5.56 Å². The number of rotatable bonds is 2. The van der Waals surface area contributed by atoms with Crippen molar-refractivity contribution in [2.45, 2.75) is 6.54 Å². The minimum Gasteiger partial charge on any atom is -0.454 e. The molecule has 0 amide bonds. The van der Waals surface area contributed by atoms with Gasteiger partial charge in [-0.25, -0.2) is 4.79 Å². The van der Waals surface area contributed by atoms with E-state index in [1.54, 1.807) is 12.1 Å². The average molecular weight is 289 g/mol. The van der Waals surface area contributed by atoms with E-state index in [0.717, 1.165) is 37.3 Å². The second-order valence-electron chi connectivity index (χ2n) is 5.18. The van der Waals surface area contributed by atoms with Crippen LogP contribution in [0.2, 0.25) is 0 Å². The molecule has 3 heterocycles. The van der Waals surface area contributed by atoms with Gasteiger partial charge in [-0.2, -0.15) is 0 Å². The van der Waals surface area contributed by atoms with Gasteiger partial charge in [0, 0.05) is 37.2 Å². The smallest absolute Gasteiger partial charge is 0.336 e. The summed E-state index contributed by atoms with van der Waals surface area (Å²) in [5.41, 5.74) is 1.14. The van der Waals surface area contributed by atoms with Crippen molar-refractivity contribution in [1.29, 1.82) is 0 Å². The Morgan fingerprint density at radius 2 is 1.81 bits per heavy atom. The number of hydrogen-bond donors (Lipinski definition) is 0. The van der Waals surface area contributed by atoms with Crippen molar-refractivity contribution in [3.63, 3.8) is 0 Å². The highest BCUT2D eigenvalue weighted by atomic mass is 16.7. The molecule has 2 aromatic rings. The van der Waals surface area contributed by atoms with Crippen molar-refractivity contribution in [2.75, 3.05) is 33.1 Å².